The van der Waals surface area contributed by atoms with Gasteiger partial charge < -0.3 is 5.32 Å². The number of carbonyl (C=O) groups excluding carboxylic acids is 2. The number of nitrogens with zero attached hydrogens (tertiary/aromatic N) is 1. The first kappa shape index (κ1) is 16.5. The number of urea groups is 1. The third kappa shape index (κ3) is 2.91. The zero-order valence-electron chi connectivity index (χ0n) is 11.8. The Morgan fingerprint density at radius 2 is 1.61 bits per heavy atom. The average molecular weight is 378 g/mol. The number of hydrogen-bond donors (Lipinski definition) is 2. The lowest BCUT2D eigenvalue weighted by molar-refractivity contribution is -0.125. The fourth-order valence-corrected chi connectivity index (χ4v) is 4.98. The van der Waals surface area contributed by atoms with Crippen molar-refractivity contribution in [1.82, 2.24) is 14.9 Å². The van der Waals surface area contributed by atoms with E-state index < -0.39 is 27.5 Å². The minimum atomic E-state index is -3.76. The maximum atomic E-state index is 12.7. The number of nitrogens with one attached hydrogen (secondary N) is 2. The zero-order valence-corrected chi connectivity index (χ0v) is 14.1. The van der Waals surface area contributed by atoms with Crippen molar-refractivity contribution in [3.63, 3.8) is 0 Å². The number of halogens is 2. The number of sulfonamides is 1. The molecule has 1 spiro atoms. The van der Waals surface area contributed by atoms with E-state index in [0.29, 0.717) is 0 Å². The van der Waals surface area contributed by atoms with E-state index in [1.807, 2.05) is 0 Å². The van der Waals surface area contributed by atoms with E-state index in [4.69, 9.17) is 23.2 Å². The minimum absolute atomic E-state index is 0.00543. The van der Waals surface area contributed by atoms with Gasteiger partial charge in [0.05, 0.1) is 4.90 Å². The van der Waals surface area contributed by atoms with Crippen LogP contribution in [0.15, 0.2) is 23.1 Å². The van der Waals surface area contributed by atoms with Gasteiger partial charge in [0.15, 0.2) is 0 Å². The Morgan fingerprint density at radius 1 is 1.04 bits per heavy atom. The predicted octanol–water partition coefficient (Wildman–Crippen LogP) is 1.36. The molecule has 0 aliphatic carbocycles. The van der Waals surface area contributed by atoms with Crippen molar-refractivity contribution in [2.45, 2.75) is 23.3 Å². The summed E-state index contributed by atoms with van der Waals surface area (Å²) in [7, 11) is -3.76. The topological polar surface area (TPSA) is 95.6 Å². The van der Waals surface area contributed by atoms with E-state index in [0.717, 1.165) is 0 Å². The average Bonchev–Trinajstić information content (AvgIpc) is 2.72. The fourth-order valence-electron chi connectivity index (χ4n) is 2.81. The van der Waals surface area contributed by atoms with E-state index in [1.54, 1.807) is 0 Å². The first-order valence-corrected chi connectivity index (χ1v) is 9.02. The molecule has 0 radical (unpaired) electrons. The van der Waals surface area contributed by atoms with Gasteiger partial charge in [-0.05, 0) is 31.0 Å². The van der Waals surface area contributed by atoms with E-state index >= 15 is 0 Å². The van der Waals surface area contributed by atoms with Gasteiger partial charge in [-0.3, -0.25) is 10.1 Å². The minimum Gasteiger partial charge on any atom is -0.323 e. The van der Waals surface area contributed by atoms with Gasteiger partial charge in [-0.25, -0.2) is 13.2 Å². The van der Waals surface area contributed by atoms with Crippen LogP contribution in [0.25, 0.3) is 0 Å². The highest BCUT2D eigenvalue weighted by Gasteiger charge is 2.49. The Labute approximate surface area is 143 Å². The summed E-state index contributed by atoms with van der Waals surface area (Å²) in [6.07, 6.45) is 0.413. The molecular weight excluding hydrogens is 365 g/mol. The zero-order chi connectivity index (χ0) is 16.8. The molecule has 2 aliphatic rings. The number of carbonyl (C=O) groups is 2. The van der Waals surface area contributed by atoms with Crippen molar-refractivity contribution in [2.24, 2.45) is 0 Å². The van der Waals surface area contributed by atoms with E-state index in [-0.39, 0.29) is 40.9 Å². The van der Waals surface area contributed by atoms with Gasteiger partial charge in [0, 0.05) is 23.1 Å². The standard InChI is InChI=1S/C13H13Cl2N3O4S/c14-8-5-9(15)7-10(6-8)23(21,22)18-3-1-13(2-4-18)11(19)16-12(20)17-13/h5-7H,1-4H2,(H2,16,17,19,20). The molecule has 124 valence electrons. The number of rotatable bonds is 2. The smallest absolute Gasteiger partial charge is 0.322 e. The molecule has 1 aromatic carbocycles. The van der Waals surface area contributed by atoms with Crippen molar-refractivity contribution in [3.8, 4) is 0 Å². The molecule has 0 saturated carbocycles. The summed E-state index contributed by atoms with van der Waals surface area (Å²) in [5, 5.41) is 5.23. The molecule has 10 heteroatoms. The van der Waals surface area contributed by atoms with E-state index in [9.17, 15) is 18.0 Å². The molecule has 0 aromatic heterocycles. The number of piperidine rings is 1. The molecule has 1 aromatic rings. The Hall–Kier alpha value is -1.35. The van der Waals surface area contributed by atoms with E-state index in [1.165, 1.54) is 22.5 Å². The molecule has 0 atom stereocenters. The van der Waals surface area contributed by atoms with Crippen molar-refractivity contribution in [3.05, 3.63) is 28.2 Å². The normalized spacial score (nSPS) is 21.3. The van der Waals surface area contributed by atoms with Crippen LogP contribution >= 0.6 is 23.2 Å². The summed E-state index contributed by atoms with van der Waals surface area (Å²) in [5.74, 6) is -0.412. The van der Waals surface area contributed by atoms with Crippen molar-refractivity contribution < 1.29 is 18.0 Å². The van der Waals surface area contributed by atoms with Gasteiger partial charge in [-0.15, -0.1) is 0 Å². The maximum Gasteiger partial charge on any atom is 0.322 e. The highest BCUT2D eigenvalue weighted by atomic mass is 35.5. The van der Waals surface area contributed by atoms with Crippen LogP contribution in [-0.2, 0) is 14.8 Å². The number of imide groups is 1. The molecule has 2 N–H and O–H groups in total. The van der Waals surface area contributed by atoms with Crippen LogP contribution in [0.4, 0.5) is 4.79 Å². The Balaban J connectivity index is 1.81. The van der Waals surface area contributed by atoms with E-state index in [2.05, 4.69) is 10.6 Å². The molecule has 3 amide bonds. The quantitative estimate of drug-likeness (QED) is 0.760. The van der Waals surface area contributed by atoms with Gasteiger partial charge in [-0.2, -0.15) is 4.31 Å². The molecule has 2 fully saturated rings. The molecule has 3 rings (SSSR count). The molecule has 2 saturated heterocycles. The highest BCUT2D eigenvalue weighted by Crippen LogP contribution is 2.30. The number of hydrogen-bond acceptors (Lipinski definition) is 4. The van der Waals surface area contributed by atoms with Crippen LogP contribution in [0.1, 0.15) is 12.8 Å². The van der Waals surface area contributed by atoms with Gasteiger partial charge in [0.1, 0.15) is 5.54 Å². The van der Waals surface area contributed by atoms with Crippen LogP contribution in [0, 0.1) is 0 Å². The lowest BCUT2D eigenvalue weighted by atomic mass is 9.89. The second-order valence-electron chi connectivity index (χ2n) is 5.50. The SMILES string of the molecule is O=C1NC(=O)C2(CCN(S(=O)(=O)c3cc(Cl)cc(Cl)c3)CC2)N1. The van der Waals surface area contributed by atoms with Crippen LogP contribution in [0.5, 0.6) is 0 Å². The van der Waals surface area contributed by atoms with Crippen LogP contribution < -0.4 is 10.6 Å². The summed E-state index contributed by atoms with van der Waals surface area (Å²) in [6, 6.07) is 3.56. The number of amides is 3. The van der Waals surface area contributed by atoms with Crippen molar-refractivity contribution in [2.75, 3.05) is 13.1 Å². The Morgan fingerprint density at radius 3 is 2.09 bits per heavy atom. The summed E-state index contributed by atoms with van der Waals surface area (Å²) in [4.78, 5) is 23.2. The first-order chi connectivity index (χ1) is 10.7. The van der Waals surface area contributed by atoms with Crippen LogP contribution in [-0.4, -0.2) is 43.3 Å². The van der Waals surface area contributed by atoms with Crippen LogP contribution in [0.2, 0.25) is 10.0 Å². The third-order valence-corrected chi connectivity index (χ3v) is 6.38. The molecule has 7 nitrogen and oxygen atoms in total. The van der Waals surface area contributed by atoms with Gasteiger partial charge in [-0.1, -0.05) is 23.2 Å². The summed E-state index contributed by atoms with van der Waals surface area (Å²) in [5.41, 5.74) is -1.02. The van der Waals surface area contributed by atoms with Crippen LogP contribution in [0.3, 0.4) is 0 Å². The van der Waals surface area contributed by atoms with Gasteiger partial charge in [0.25, 0.3) is 5.91 Å². The number of benzene rings is 1. The predicted molar refractivity (Wildman–Crippen MR) is 83.9 cm³/mol. The first-order valence-electron chi connectivity index (χ1n) is 6.83. The Kier molecular flexibility index (Phi) is 4.04. The lowest BCUT2D eigenvalue weighted by Crippen LogP contribution is -2.55. The van der Waals surface area contributed by atoms with Gasteiger partial charge >= 0.3 is 6.03 Å². The summed E-state index contributed by atoms with van der Waals surface area (Å²) < 4.78 is 26.6. The molecule has 0 unspecified atom stereocenters. The molecular formula is C13H13Cl2N3O4S. The maximum absolute atomic E-state index is 12.7. The van der Waals surface area contributed by atoms with Crippen molar-refractivity contribution in [1.29, 1.82) is 0 Å². The summed E-state index contributed by atoms with van der Waals surface area (Å²) >= 11 is 11.7. The van der Waals surface area contributed by atoms with Crippen molar-refractivity contribution >= 4 is 45.2 Å². The monoisotopic (exact) mass is 377 g/mol. The third-order valence-electron chi connectivity index (χ3n) is 4.06. The molecule has 2 heterocycles. The lowest BCUT2D eigenvalue weighted by Gasteiger charge is -2.36. The summed E-state index contributed by atoms with van der Waals surface area (Å²) in [6.45, 7) is 0.223. The second kappa shape index (κ2) is 5.62. The Bertz CT molecular complexity index is 768. The molecule has 0 bridgehead atoms. The molecule has 2 aliphatic heterocycles. The highest BCUT2D eigenvalue weighted by molar-refractivity contribution is 7.89. The van der Waals surface area contributed by atoms with Gasteiger partial charge in [0.2, 0.25) is 10.0 Å². The molecule has 23 heavy (non-hydrogen) atoms. The fraction of sp³-hybridized carbons (Fsp3) is 0.385. The second-order valence-corrected chi connectivity index (χ2v) is 8.31. The largest absolute Gasteiger partial charge is 0.323 e.